The Labute approximate surface area is 185 Å². The lowest BCUT2D eigenvalue weighted by atomic mass is 10.1. The Balaban J connectivity index is 1.35. The average molecular weight is 448 g/mol. The van der Waals surface area contributed by atoms with Gasteiger partial charge in [-0.2, -0.15) is 5.10 Å². The molecule has 1 aliphatic heterocycles. The summed E-state index contributed by atoms with van der Waals surface area (Å²) in [4.78, 5) is 2.21. The highest BCUT2D eigenvalue weighted by molar-refractivity contribution is 6.30. The molecule has 1 aromatic heterocycles. The summed E-state index contributed by atoms with van der Waals surface area (Å²) in [5.41, 5.74) is 2.69. The van der Waals surface area contributed by atoms with Gasteiger partial charge < -0.3 is 9.47 Å². The molecule has 3 aromatic rings. The lowest BCUT2D eigenvalue weighted by Gasteiger charge is -2.32. The van der Waals surface area contributed by atoms with E-state index in [2.05, 4.69) is 10.00 Å². The quantitative estimate of drug-likeness (QED) is 0.533. The van der Waals surface area contributed by atoms with Gasteiger partial charge in [-0.15, -0.1) is 0 Å². The fraction of sp³-hybridized carbons (Fsp3) is 0.348. The molecule has 0 spiro atoms. The van der Waals surface area contributed by atoms with E-state index in [9.17, 15) is 8.78 Å². The summed E-state index contributed by atoms with van der Waals surface area (Å²) in [6.45, 7) is 2.95. The first kappa shape index (κ1) is 21.7. The maximum atomic E-state index is 13.7. The van der Waals surface area contributed by atoms with Gasteiger partial charge in [0.2, 0.25) is 0 Å². The zero-order valence-electron chi connectivity index (χ0n) is 17.2. The van der Waals surface area contributed by atoms with Crippen LogP contribution < -0.4 is 4.74 Å². The molecule has 1 fully saturated rings. The van der Waals surface area contributed by atoms with Crippen molar-refractivity contribution in [1.82, 2.24) is 14.7 Å². The minimum Gasteiger partial charge on any atom is -0.490 e. The molecule has 1 saturated heterocycles. The van der Waals surface area contributed by atoms with Gasteiger partial charge in [-0.05, 0) is 35.9 Å². The highest BCUT2D eigenvalue weighted by Gasteiger charge is 2.25. The van der Waals surface area contributed by atoms with Gasteiger partial charge in [0.15, 0.2) is 11.6 Å². The summed E-state index contributed by atoms with van der Waals surface area (Å²) < 4.78 is 40.7. The van der Waals surface area contributed by atoms with Crippen molar-refractivity contribution in [3.63, 3.8) is 0 Å². The second kappa shape index (κ2) is 9.77. The van der Waals surface area contributed by atoms with E-state index in [1.165, 1.54) is 12.1 Å². The van der Waals surface area contributed by atoms with Gasteiger partial charge in [-0.1, -0.05) is 29.8 Å². The van der Waals surface area contributed by atoms with E-state index in [-0.39, 0.29) is 22.7 Å². The van der Waals surface area contributed by atoms with Gasteiger partial charge in [0.05, 0.1) is 23.9 Å². The number of aromatic nitrogens is 2. The van der Waals surface area contributed by atoms with Gasteiger partial charge in [0.25, 0.3) is 0 Å². The first-order valence-electron chi connectivity index (χ1n) is 10.2. The molecule has 0 unspecified atom stereocenters. The van der Waals surface area contributed by atoms with Crippen molar-refractivity contribution >= 4 is 11.6 Å². The lowest BCUT2D eigenvalue weighted by molar-refractivity contribution is -0.0352. The molecule has 4 rings (SSSR count). The first-order chi connectivity index (χ1) is 15.0. The van der Waals surface area contributed by atoms with Gasteiger partial charge in [-0.3, -0.25) is 9.58 Å². The predicted octanol–water partition coefficient (Wildman–Crippen LogP) is 4.55. The molecule has 164 valence electrons. The van der Waals surface area contributed by atoms with E-state index in [0.717, 1.165) is 23.5 Å². The van der Waals surface area contributed by atoms with E-state index >= 15 is 0 Å². The Morgan fingerprint density at radius 3 is 2.81 bits per heavy atom. The monoisotopic (exact) mass is 447 g/mol. The molecule has 8 heteroatoms. The van der Waals surface area contributed by atoms with Crippen LogP contribution in [0.5, 0.6) is 5.75 Å². The molecule has 0 radical (unpaired) electrons. The van der Waals surface area contributed by atoms with Crippen LogP contribution in [0.2, 0.25) is 5.02 Å². The first-order valence-corrected chi connectivity index (χ1v) is 10.6. The van der Waals surface area contributed by atoms with Gasteiger partial charge in [0.1, 0.15) is 11.9 Å². The number of nitrogens with zero attached hydrogens (tertiary/aromatic N) is 3. The Kier molecular flexibility index (Phi) is 6.85. The molecule has 0 aliphatic carbocycles. The predicted molar refractivity (Wildman–Crippen MR) is 114 cm³/mol. The Hall–Kier alpha value is -2.48. The molecule has 0 amide bonds. The van der Waals surface area contributed by atoms with E-state index in [1.54, 1.807) is 28.9 Å². The maximum Gasteiger partial charge on any atom is 0.165 e. The molecular formula is C23H24ClF2N3O2. The smallest absolute Gasteiger partial charge is 0.165 e. The summed E-state index contributed by atoms with van der Waals surface area (Å²) >= 11 is 5.78. The topological polar surface area (TPSA) is 39.5 Å². The van der Waals surface area contributed by atoms with Crippen molar-refractivity contribution < 1.29 is 18.3 Å². The Morgan fingerprint density at radius 1 is 1.16 bits per heavy atom. The molecule has 2 aromatic carbocycles. The summed E-state index contributed by atoms with van der Waals surface area (Å²) in [5, 5.41) is 4.73. The van der Waals surface area contributed by atoms with E-state index in [4.69, 9.17) is 21.1 Å². The van der Waals surface area contributed by atoms with E-state index < -0.39 is 5.82 Å². The van der Waals surface area contributed by atoms with Gasteiger partial charge in [0, 0.05) is 38.8 Å². The standard InChI is InChI=1S/C23H24ClF2N3O2/c1-28-17(8-10-30-22-5-3-2-4-19(22)25)13-21(27-28)23-15-29(9-11-31-23)14-16-6-7-18(24)20(26)12-16/h2-7,12-13,23H,8-11,14-15H2,1H3/t23-/m0/s1. The van der Waals surface area contributed by atoms with Crippen molar-refractivity contribution in [2.45, 2.75) is 19.1 Å². The molecule has 2 heterocycles. The summed E-state index contributed by atoms with van der Waals surface area (Å²) in [6, 6.07) is 13.3. The third-order valence-corrected chi connectivity index (χ3v) is 5.63. The SMILES string of the molecule is Cn1nc([C@@H]2CN(Cc3ccc(Cl)c(F)c3)CCO2)cc1CCOc1ccccc1F. The number of aryl methyl sites for hydroxylation is 1. The number of hydrogen-bond acceptors (Lipinski definition) is 4. The Bertz CT molecular complexity index is 1040. The zero-order valence-corrected chi connectivity index (χ0v) is 18.0. The number of rotatable bonds is 7. The summed E-state index contributed by atoms with van der Waals surface area (Å²) in [6.07, 6.45) is 0.427. The van der Waals surface area contributed by atoms with Gasteiger partial charge in [-0.25, -0.2) is 8.78 Å². The number of para-hydroxylation sites is 1. The normalized spacial score (nSPS) is 17.1. The van der Waals surface area contributed by atoms with Crippen molar-refractivity contribution in [2.75, 3.05) is 26.3 Å². The van der Waals surface area contributed by atoms with Crippen molar-refractivity contribution in [2.24, 2.45) is 7.05 Å². The molecule has 0 bridgehead atoms. The van der Waals surface area contributed by atoms with Crippen molar-refractivity contribution in [3.05, 3.63) is 82.1 Å². The summed E-state index contributed by atoms with van der Waals surface area (Å²) in [5.74, 6) is -0.532. The average Bonchev–Trinajstić information content (AvgIpc) is 3.13. The number of halogens is 3. The van der Waals surface area contributed by atoms with Crippen LogP contribution in [0.1, 0.15) is 23.1 Å². The van der Waals surface area contributed by atoms with E-state index in [1.807, 2.05) is 19.2 Å². The minimum absolute atomic E-state index is 0.128. The van der Waals surface area contributed by atoms with Crippen molar-refractivity contribution in [3.8, 4) is 5.75 Å². The second-order valence-electron chi connectivity index (χ2n) is 7.56. The second-order valence-corrected chi connectivity index (χ2v) is 7.96. The minimum atomic E-state index is -0.407. The third-order valence-electron chi connectivity index (χ3n) is 5.32. The molecular weight excluding hydrogens is 424 g/mol. The summed E-state index contributed by atoms with van der Waals surface area (Å²) in [7, 11) is 1.87. The van der Waals surface area contributed by atoms with Crippen LogP contribution in [0.15, 0.2) is 48.5 Å². The highest BCUT2D eigenvalue weighted by Crippen LogP contribution is 2.24. The molecule has 31 heavy (non-hydrogen) atoms. The highest BCUT2D eigenvalue weighted by atomic mass is 35.5. The van der Waals surface area contributed by atoms with Crippen LogP contribution in [0.25, 0.3) is 0 Å². The molecule has 1 aliphatic rings. The van der Waals surface area contributed by atoms with Crippen LogP contribution in [0.4, 0.5) is 8.78 Å². The molecule has 0 saturated carbocycles. The number of benzene rings is 2. The van der Waals surface area contributed by atoms with Gasteiger partial charge >= 0.3 is 0 Å². The van der Waals surface area contributed by atoms with Crippen molar-refractivity contribution in [1.29, 1.82) is 0 Å². The Morgan fingerprint density at radius 2 is 2.00 bits per heavy atom. The largest absolute Gasteiger partial charge is 0.490 e. The lowest BCUT2D eigenvalue weighted by Crippen LogP contribution is -2.38. The van der Waals surface area contributed by atoms with Crippen LogP contribution in [0, 0.1) is 11.6 Å². The third kappa shape index (κ3) is 5.42. The number of hydrogen-bond donors (Lipinski definition) is 0. The van der Waals surface area contributed by atoms with E-state index in [0.29, 0.717) is 32.7 Å². The van der Waals surface area contributed by atoms with Crippen LogP contribution in [-0.4, -0.2) is 41.0 Å². The molecule has 1 atom stereocenters. The zero-order chi connectivity index (χ0) is 21.8. The van der Waals surface area contributed by atoms with Crippen LogP contribution in [-0.2, 0) is 24.8 Å². The number of ether oxygens (including phenoxy) is 2. The van der Waals surface area contributed by atoms with Crippen LogP contribution >= 0.6 is 11.6 Å². The fourth-order valence-electron chi connectivity index (χ4n) is 3.67. The maximum absolute atomic E-state index is 13.7. The fourth-order valence-corrected chi connectivity index (χ4v) is 3.79. The molecule has 0 N–H and O–H groups in total. The number of morpholine rings is 1. The molecule has 5 nitrogen and oxygen atoms in total. The van der Waals surface area contributed by atoms with Crippen LogP contribution in [0.3, 0.4) is 0 Å².